The smallest absolute Gasteiger partial charge is 0.175 e. The number of sulfone groups is 1. The zero-order valence-corrected chi connectivity index (χ0v) is 12.7. The summed E-state index contributed by atoms with van der Waals surface area (Å²) < 4.78 is 22.7. The average molecular weight is 299 g/mol. The fourth-order valence-corrected chi connectivity index (χ4v) is 2.42. The summed E-state index contributed by atoms with van der Waals surface area (Å²) in [5.74, 6) is 6.12. The monoisotopic (exact) mass is 299 g/mol. The van der Waals surface area contributed by atoms with Gasteiger partial charge in [-0.15, -0.1) is 0 Å². The van der Waals surface area contributed by atoms with Crippen molar-refractivity contribution in [3.8, 4) is 11.8 Å². The van der Waals surface area contributed by atoms with Gasteiger partial charge >= 0.3 is 0 Å². The Labute approximate surface area is 125 Å². The zero-order valence-electron chi connectivity index (χ0n) is 11.8. The molecule has 0 atom stereocenters. The minimum Gasteiger partial charge on any atom is -0.302 e. The van der Waals surface area contributed by atoms with Crippen molar-refractivity contribution in [2.24, 2.45) is 0 Å². The zero-order chi connectivity index (χ0) is 15.1. The van der Waals surface area contributed by atoms with Crippen LogP contribution in [0.4, 0.5) is 0 Å². The first-order chi connectivity index (χ1) is 10.1. The van der Waals surface area contributed by atoms with Gasteiger partial charge in [0.05, 0.1) is 11.4 Å². The fourth-order valence-electron chi connectivity index (χ4n) is 1.79. The van der Waals surface area contributed by atoms with Crippen molar-refractivity contribution in [2.75, 3.05) is 12.8 Å². The Morgan fingerprint density at radius 1 is 1.00 bits per heavy atom. The highest BCUT2D eigenvalue weighted by atomic mass is 32.2. The summed E-state index contributed by atoms with van der Waals surface area (Å²) in [6.45, 7) is 1.25. The normalized spacial score (nSPS) is 10.7. The lowest BCUT2D eigenvalue weighted by atomic mass is 10.2. The van der Waals surface area contributed by atoms with E-state index in [0.29, 0.717) is 18.0 Å². The van der Waals surface area contributed by atoms with Crippen LogP contribution in [0.1, 0.15) is 11.1 Å². The van der Waals surface area contributed by atoms with Gasteiger partial charge in [-0.25, -0.2) is 8.42 Å². The maximum atomic E-state index is 11.3. The van der Waals surface area contributed by atoms with Crippen molar-refractivity contribution in [2.45, 2.75) is 11.4 Å². The molecular formula is C17H17NO2S. The Morgan fingerprint density at radius 3 is 2.29 bits per heavy atom. The first-order valence-corrected chi connectivity index (χ1v) is 8.48. The average Bonchev–Trinajstić information content (AvgIpc) is 2.47. The van der Waals surface area contributed by atoms with Crippen LogP contribution >= 0.6 is 0 Å². The van der Waals surface area contributed by atoms with Gasteiger partial charge in [-0.3, -0.25) is 0 Å². The van der Waals surface area contributed by atoms with Gasteiger partial charge in [0.15, 0.2) is 9.84 Å². The molecule has 2 aromatic carbocycles. The van der Waals surface area contributed by atoms with E-state index in [4.69, 9.17) is 0 Å². The van der Waals surface area contributed by atoms with Crippen LogP contribution < -0.4 is 5.32 Å². The molecule has 2 aromatic rings. The van der Waals surface area contributed by atoms with Gasteiger partial charge in [-0.2, -0.15) is 0 Å². The van der Waals surface area contributed by atoms with Crippen LogP contribution in [0.25, 0.3) is 0 Å². The third-order valence-corrected chi connectivity index (χ3v) is 4.03. The molecule has 0 aliphatic rings. The number of nitrogens with one attached hydrogen (secondary N) is 1. The molecule has 0 unspecified atom stereocenters. The lowest BCUT2D eigenvalue weighted by molar-refractivity contribution is 0.602. The topological polar surface area (TPSA) is 46.2 Å². The Morgan fingerprint density at radius 2 is 1.67 bits per heavy atom. The lowest BCUT2D eigenvalue weighted by Gasteiger charge is -2.03. The number of rotatable bonds is 4. The Balaban J connectivity index is 1.83. The molecule has 0 saturated carbocycles. The van der Waals surface area contributed by atoms with Crippen LogP contribution in [-0.2, 0) is 16.4 Å². The highest BCUT2D eigenvalue weighted by Crippen LogP contribution is 2.09. The molecule has 0 bridgehead atoms. The molecule has 0 radical (unpaired) electrons. The second-order valence-electron chi connectivity index (χ2n) is 4.69. The van der Waals surface area contributed by atoms with E-state index in [9.17, 15) is 8.42 Å². The molecule has 3 nitrogen and oxygen atoms in total. The van der Waals surface area contributed by atoms with E-state index in [1.54, 1.807) is 12.1 Å². The second-order valence-corrected chi connectivity index (χ2v) is 6.70. The van der Waals surface area contributed by atoms with Gasteiger partial charge in [0.25, 0.3) is 0 Å². The van der Waals surface area contributed by atoms with Crippen molar-refractivity contribution >= 4 is 9.84 Å². The summed E-state index contributed by atoms with van der Waals surface area (Å²) in [7, 11) is -3.12. The van der Waals surface area contributed by atoms with Crippen LogP contribution in [0.2, 0.25) is 0 Å². The molecule has 108 valence electrons. The van der Waals surface area contributed by atoms with E-state index in [1.807, 2.05) is 42.5 Å². The first kappa shape index (κ1) is 15.3. The van der Waals surface area contributed by atoms with E-state index in [1.165, 1.54) is 6.26 Å². The fraction of sp³-hybridized carbons (Fsp3) is 0.176. The van der Waals surface area contributed by atoms with Crippen molar-refractivity contribution in [3.63, 3.8) is 0 Å². The van der Waals surface area contributed by atoms with E-state index in [2.05, 4.69) is 17.2 Å². The quantitative estimate of drug-likeness (QED) is 0.695. The van der Waals surface area contributed by atoms with Gasteiger partial charge in [0.2, 0.25) is 0 Å². The van der Waals surface area contributed by atoms with Crippen molar-refractivity contribution in [1.82, 2.24) is 5.32 Å². The minimum absolute atomic E-state index is 0.343. The van der Waals surface area contributed by atoms with E-state index in [0.717, 1.165) is 11.1 Å². The maximum Gasteiger partial charge on any atom is 0.175 e. The van der Waals surface area contributed by atoms with Crippen molar-refractivity contribution in [1.29, 1.82) is 0 Å². The molecule has 0 amide bonds. The van der Waals surface area contributed by atoms with Crippen LogP contribution in [-0.4, -0.2) is 21.2 Å². The molecule has 21 heavy (non-hydrogen) atoms. The van der Waals surface area contributed by atoms with Crippen molar-refractivity contribution < 1.29 is 8.42 Å². The van der Waals surface area contributed by atoms with E-state index >= 15 is 0 Å². The molecule has 0 aliphatic carbocycles. The molecular weight excluding hydrogens is 282 g/mol. The maximum absolute atomic E-state index is 11.3. The predicted molar refractivity (Wildman–Crippen MR) is 84.6 cm³/mol. The summed E-state index contributed by atoms with van der Waals surface area (Å²) in [5, 5.41) is 3.21. The third kappa shape index (κ3) is 5.07. The van der Waals surface area contributed by atoms with Gasteiger partial charge in [-0.05, 0) is 29.8 Å². The number of benzene rings is 2. The summed E-state index contributed by atoms with van der Waals surface area (Å²) >= 11 is 0. The highest BCUT2D eigenvalue weighted by Gasteiger charge is 2.05. The van der Waals surface area contributed by atoms with Crippen LogP contribution in [0, 0.1) is 11.8 Å². The second kappa shape index (κ2) is 7.07. The highest BCUT2D eigenvalue weighted by molar-refractivity contribution is 7.90. The first-order valence-electron chi connectivity index (χ1n) is 6.59. The predicted octanol–water partition coefficient (Wildman–Crippen LogP) is 2.23. The summed E-state index contributed by atoms with van der Waals surface area (Å²) in [5.41, 5.74) is 2.03. The minimum atomic E-state index is -3.12. The Bertz CT molecular complexity index is 739. The molecule has 1 N–H and O–H groups in total. The molecule has 0 saturated heterocycles. The summed E-state index contributed by atoms with van der Waals surface area (Å²) in [6.07, 6.45) is 1.21. The van der Waals surface area contributed by atoms with Crippen LogP contribution in [0.3, 0.4) is 0 Å². The number of hydrogen-bond acceptors (Lipinski definition) is 3. The van der Waals surface area contributed by atoms with Crippen molar-refractivity contribution in [3.05, 3.63) is 65.7 Å². The molecule has 2 rings (SSSR count). The SMILES string of the molecule is CS(=O)(=O)c1ccc(CNCC#Cc2ccccc2)cc1. The summed E-state index contributed by atoms with van der Waals surface area (Å²) in [6, 6.07) is 16.7. The molecule has 0 aliphatic heterocycles. The van der Waals surface area contributed by atoms with E-state index in [-0.39, 0.29) is 0 Å². The standard InChI is InChI=1S/C17H17NO2S/c1-21(19,20)17-11-9-16(10-12-17)14-18-13-5-8-15-6-3-2-4-7-15/h2-4,6-7,9-12,18H,13-14H2,1H3. The van der Waals surface area contributed by atoms with Gasteiger partial charge in [0.1, 0.15) is 0 Å². The third-order valence-electron chi connectivity index (χ3n) is 2.90. The Hall–Kier alpha value is -2.09. The van der Waals surface area contributed by atoms with Gasteiger partial charge in [-0.1, -0.05) is 42.2 Å². The number of hydrogen-bond donors (Lipinski definition) is 1. The van der Waals surface area contributed by atoms with Gasteiger partial charge < -0.3 is 5.32 Å². The molecule has 0 heterocycles. The molecule has 0 fully saturated rings. The van der Waals surface area contributed by atoms with Crippen LogP contribution in [0.5, 0.6) is 0 Å². The molecule has 0 spiro atoms. The van der Waals surface area contributed by atoms with Gasteiger partial charge in [0, 0.05) is 18.4 Å². The summed E-state index contributed by atoms with van der Waals surface area (Å²) in [4.78, 5) is 0.343. The largest absolute Gasteiger partial charge is 0.302 e. The Kier molecular flexibility index (Phi) is 5.15. The lowest BCUT2D eigenvalue weighted by Crippen LogP contribution is -2.13. The van der Waals surface area contributed by atoms with Crippen LogP contribution in [0.15, 0.2) is 59.5 Å². The molecule has 4 heteroatoms. The molecule has 0 aromatic heterocycles. The van der Waals surface area contributed by atoms with E-state index < -0.39 is 9.84 Å².